The molecule has 0 radical (unpaired) electrons. The van der Waals surface area contributed by atoms with Crippen molar-refractivity contribution in [2.75, 3.05) is 12.3 Å². The second kappa shape index (κ2) is 6.22. The lowest BCUT2D eigenvalue weighted by Gasteiger charge is -2.31. The molecule has 6 nitrogen and oxygen atoms in total. The van der Waals surface area contributed by atoms with Crippen LogP contribution in [-0.4, -0.2) is 35.2 Å². The molecule has 1 aromatic rings. The molecule has 7 heteroatoms. The summed E-state index contributed by atoms with van der Waals surface area (Å²) < 4.78 is 31.2. The van der Waals surface area contributed by atoms with E-state index in [1.807, 2.05) is 6.92 Å². The van der Waals surface area contributed by atoms with Crippen LogP contribution >= 0.6 is 0 Å². The summed E-state index contributed by atoms with van der Waals surface area (Å²) in [6.07, 6.45) is 3.56. The first kappa shape index (κ1) is 15.4. The van der Waals surface area contributed by atoms with Crippen LogP contribution in [0.5, 0.6) is 0 Å². The van der Waals surface area contributed by atoms with Crippen molar-refractivity contribution in [2.24, 2.45) is 0 Å². The molecule has 0 amide bonds. The highest BCUT2D eigenvalue weighted by atomic mass is 32.2. The van der Waals surface area contributed by atoms with Gasteiger partial charge in [0.2, 0.25) is 15.9 Å². The zero-order chi connectivity index (χ0) is 14.8. The maximum Gasteiger partial charge on any atom is 0.245 e. The van der Waals surface area contributed by atoms with Gasteiger partial charge in [0.05, 0.1) is 5.75 Å². The molecule has 0 N–H and O–H groups in total. The molecule has 0 aromatic carbocycles. The van der Waals surface area contributed by atoms with E-state index in [0.717, 1.165) is 25.7 Å². The summed E-state index contributed by atoms with van der Waals surface area (Å²) in [7, 11) is -3.23. The van der Waals surface area contributed by atoms with E-state index < -0.39 is 10.0 Å². The normalized spacial score (nSPS) is 22.9. The number of hydrogen-bond donors (Lipinski definition) is 0. The standard InChI is InChI=1S/C13H23N3O3S/c1-4-10(3)12-14-13(19-15-12)11-8-6-7-9-16(11)20(17,18)5-2/h10-11H,4-9H2,1-3H3. The average molecular weight is 301 g/mol. The van der Waals surface area contributed by atoms with Crippen molar-refractivity contribution in [3.63, 3.8) is 0 Å². The molecule has 2 atom stereocenters. The second-order valence-corrected chi connectivity index (χ2v) is 7.53. The molecule has 2 rings (SSSR count). The first-order valence-electron chi connectivity index (χ1n) is 7.32. The highest BCUT2D eigenvalue weighted by Crippen LogP contribution is 2.33. The van der Waals surface area contributed by atoms with Gasteiger partial charge in [-0.15, -0.1) is 0 Å². The van der Waals surface area contributed by atoms with Gasteiger partial charge >= 0.3 is 0 Å². The molecule has 1 aromatic heterocycles. The lowest BCUT2D eigenvalue weighted by atomic mass is 10.0. The number of piperidine rings is 1. The predicted octanol–water partition coefficient (Wildman–Crippen LogP) is 2.46. The zero-order valence-corrected chi connectivity index (χ0v) is 13.2. The van der Waals surface area contributed by atoms with Crippen LogP contribution in [-0.2, 0) is 10.0 Å². The van der Waals surface area contributed by atoms with Gasteiger partial charge in [-0.3, -0.25) is 0 Å². The first-order valence-corrected chi connectivity index (χ1v) is 8.93. The smallest absolute Gasteiger partial charge is 0.245 e. The Kier molecular flexibility index (Phi) is 4.80. The van der Waals surface area contributed by atoms with Crippen molar-refractivity contribution >= 4 is 10.0 Å². The highest BCUT2D eigenvalue weighted by Gasteiger charge is 2.35. The zero-order valence-electron chi connectivity index (χ0n) is 12.4. The van der Waals surface area contributed by atoms with Crippen molar-refractivity contribution in [1.82, 2.24) is 14.4 Å². The minimum atomic E-state index is -3.23. The minimum absolute atomic E-state index is 0.107. The van der Waals surface area contributed by atoms with Crippen LogP contribution in [0, 0.1) is 0 Å². The molecule has 1 aliphatic heterocycles. The van der Waals surface area contributed by atoms with Gasteiger partial charge in [0.15, 0.2) is 5.82 Å². The Balaban J connectivity index is 2.26. The van der Waals surface area contributed by atoms with E-state index in [1.165, 1.54) is 4.31 Å². The molecule has 1 saturated heterocycles. The molecule has 1 fully saturated rings. The van der Waals surface area contributed by atoms with Gasteiger partial charge in [0, 0.05) is 12.5 Å². The van der Waals surface area contributed by atoms with Gasteiger partial charge in [-0.05, 0) is 26.2 Å². The summed E-state index contributed by atoms with van der Waals surface area (Å²) >= 11 is 0. The van der Waals surface area contributed by atoms with Crippen LogP contribution in [0.4, 0.5) is 0 Å². The van der Waals surface area contributed by atoms with Gasteiger partial charge in [0.25, 0.3) is 0 Å². The number of nitrogens with zero attached hydrogens (tertiary/aromatic N) is 3. The fraction of sp³-hybridized carbons (Fsp3) is 0.846. The molecule has 114 valence electrons. The molecular formula is C13H23N3O3S. The first-order chi connectivity index (χ1) is 9.49. The molecule has 1 aliphatic rings. The number of rotatable bonds is 5. The number of aromatic nitrogens is 2. The Labute approximate surface area is 120 Å². The predicted molar refractivity (Wildman–Crippen MR) is 75.8 cm³/mol. The summed E-state index contributed by atoms with van der Waals surface area (Å²) in [6.45, 7) is 6.31. The topological polar surface area (TPSA) is 76.3 Å². The van der Waals surface area contributed by atoms with Crippen LogP contribution in [0.25, 0.3) is 0 Å². The van der Waals surface area contributed by atoms with Crippen LogP contribution in [0.15, 0.2) is 4.52 Å². The Morgan fingerprint density at radius 2 is 2.15 bits per heavy atom. The molecule has 0 saturated carbocycles. The quantitative estimate of drug-likeness (QED) is 0.835. The number of sulfonamides is 1. The lowest BCUT2D eigenvalue weighted by Crippen LogP contribution is -2.39. The van der Waals surface area contributed by atoms with E-state index in [1.54, 1.807) is 6.92 Å². The molecule has 0 aliphatic carbocycles. The van der Waals surface area contributed by atoms with Gasteiger partial charge in [-0.2, -0.15) is 9.29 Å². The van der Waals surface area contributed by atoms with E-state index in [-0.39, 0.29) is 17.7 Å². The Morgan fingerprint density at radius 3 is 2.80 bits per heavy atom. The molecule has 2 heterocycles. The van der Waals surface area contributed by atoms with Crippen molar-refractivity contribution in [2.45, 2.75) is 58.4 Å². The Bertz CT molecular complexity index is 541. The second-order valence-electron chi connectivity index (χ2n) is 5.32. The van der Waals surface area contributed by atoms with Gasteiger partial charge in [-0.25, -0.2) is 8.42 Å². The van der Waals surface area contributed by atoms with Gasteiger partial charge in [-0.1, -0.05) is 25.4 Å². The van der Waals surface area contributed by atoms with Crippen molar-refractivity contribution in [1.29, 1.82) is 0 Å². The van der Waals surface area contributed by atoms with E-state index in [0.29, 0.717) is 18.3 Å². The largest absolute Gasteiger partial charge is 0.338 e. The Hall–Kier alpha value is -0.950. The molecular weight excluding hydrogens is 278 g/mol. The summed E-state index contributed by atoms with van der Waals surface area (Å²) in [6, 6.07) is -0.293. The third-order valence-electron chi connectivity index (χ3n) is 3.97. The van der Waals surface area contributed by atoms with Crippen LogP contribution in [0.2, 0.25) is 0 Å². The van der Waals surface area contributed by atoms with E-state index in [9.17, 15) is 8.42 Å². The van der Waals surface area contributed by atoms with Crippen molar-refractivity contribution in [3.05, 3.63) is 11.7 Å². The Morgan fingerprint density at radius 1 is 1.40 bits per heavy atom. The van der Waals surface area contributed by atoms with E-state index in [2.05, 4.69) is 17.1 Å². The van der Waals surface area contributed by atoms with E-state index in [4.69, 9.17) is 4.52 Å². The molecule has 2 unspecified atom stereocenters. The van der Waals surface area contributed by atoms with Crippen molar-refractivity contribution < 1.29 is 12.9 Å². The minimum Gasteiger partial charge on any atom is -0.338 e. The maximum absolute atomic E-state index is 12.2. The molecule has 20 heavy (non-hydrogen) atoms. The summed E-state index contributed by atoms with van der Waals surface area (Å²) in [5, 5.41) is 4.00. The highest BCUT2D eigenvalue weighted by molar-refractivity contribution is 7.89. The SMILES string of the molecule is CCC(C)c1noc(C2CCCCN2S(=O)(=O)CC)n1. The number of hydrogen-bond acceptors (Lipinski definition) is 5. The van der Waals surface area contributed by atoms with Crippen LogP contribution in [0.1, 0.15) is 70.1 Å². The van der Waals surface area contributed by atoms with Crippen molar-refractivity contribution in [3.8, 4) is 0 Å². The fourth-order valence-corrected chi connectivity index (χ4v) is 3.74. The molecule has 0 spiro atoms. The lowest BCUT2D eigenvalue weighted by molar-refractivity contribution is 0.204. The van der Waals surface area contributed by atoms with Crippen LogP contribution in [0.3, 0.4) is 0 Å². The maximum atomic E-state index is 12.2. The fourth-order valence-electron chi connectivity index (χ4n) is 2.42. The van der Waals surface area contributed by atoms with Crippen LogP contribution < -0.4 is 0 Å². The summed E-state index contributed by atoms with van der Waals surface area (Å²) in [5.74, 6) is 1.45. The third-order valence-corrected chi connectivity index (χ3v) is 5.85. The monoisotopic (exact) mass is 301 g/mol. The average Bonchev–Trinajstić information content (AvgIpc) is 2.96. The third kappa shape index (κ3) is 3.03. The van der Waals surface area contributed by atoms with E-state index >= 15 is 0 Å². The van der Waals surface area contributed by atoms with Gasteiger partial charge in [0.1, 0.15) is 6.04 Å². The molecule has 0 bridgehead atoms. The summed E-state index contributed by atoms with van der Waals surface area (Å²) in [5.41, 5.74) is 0. The summed E-state index contributed by atoms with van der Waals surface area (Å²) in [4.78, 5) is 4.42. The van der Waals surface area contributed by atoms with Gasteiger partial charge < -0.3 is 4.52 Å².